The van der Waals surface area contributed by atoms with Crippen molar-refractivity contribution in [3.63, 3.8) is 0 Å². The molecule has 6 nitrogen and oxygen atoms in total. The lowest BCUT2D eigenvalue weighted by atomic mass is 10.3. The van der Waals surface area contributed by atoms with E-state index in [4.69, 9.17) is 0 Å². The number of halogens is 1. The largest absolute Gasteiger partial charge is 0.369 e. The van der Waals surface area contributed by atoms with Crippen LogP contribution in [0.25, 0.3) is 0 Å². The molecule has 102 valence electrons. The maximum atomic E-state index is 10.9. The van der Waals surface area contributed by atoms with Crippen molar-refractivity contribution in [3.8, 4) is 0 Å². The van der Waals surface area contributed by atoms with Gasteiger partial charge in [0.2, 0.25) is 10.0 Å². The monoisotopic (exact) mass is 336 g/mol. The number of nitrogens with zero attached hydrogens (tertiary/aromatic N) is 2. The molecule has 1 heterocycles. The quantitative estimate of drug-likeness (QED) is 0.576. The Labute approximate surface area is 116 Å². The van der Waals surface area contributed by atoms with Crippen LogP contribution in [0.15, 0.2) is 10.7 Å². The summed E-state index contributed by atoms with van der Waals surface area (Å²) in [6.07, 6.45) is 2.93. The summed E-state index contributed by atoms with van der Waals surface area (Å²) in [5, 5.41) is 3.05. The highest BCUT2D eigenvalue weighted by molar-refractivity contribution is 9.10. The lowest BCUT2D eigenvalue weighted by Crippen LogP contribution is -2.27. The van der Waals surface area contributed by atoms with Gasteiger partial charge in [0.25, 0.3) is 0 Å². The maximum Gasteiger partial charge on any atom is 0.208 e. The van der Waals surface area contributed by atoms with E-state index in [1.165, 1.54) is 0 Å². The van der Waals surface area contributed by atoms with Gasteiger partial charge >= 0.3 is 0 Å². The lowest BCUT2D eigenvalue weighted by molar-refractivity contribution is 0.589. The summed E-state index contributed by atoms with van der Waals surface area (Å²) in [4.78, 5) is 8.57. The Morgan fingerprint density at radius 3 is 2.67 bits per heavy atom. The minimum absolute atomic E-state index is 0.323. The van der Waals surface area contributed by atoms with Gasteiger partial charge in [-0.2, -0.15) is 0 Å². The number of aromatic nitrogens is 2. The van der Waals surface area contributed by atoms with Crippen LogP contribution in [0.2, 0.25) is 0 Å². The summed E-state index contributed by atoms with van der Waals surface area (Å²) >= 11 is 3.32. The molecular formula is C10H17BrN4O2S. The van der Waals surface area contributed by atoms with Crippen LogP contribution in [-0.2, 0) is 16.4 Å². The minimum Gasteiger partial charge on any atom is -0.369 e. The van der Waals surface area contributed by atoms with E-state index in [9.17, 15) is 8.42 Å². The molecule has 0 amide bonds. The molecule has 0 saturated carbocycles. The molecule has 0 radical (unpaired) electrons. The molecule has 1 rings (SSSR count). The van der Waals surface area contributed by atoms with Gasteiger partial charge in [-0.15, -0.1) is 0 Å². The highest BCUT2D eigenvalue weighted by atomic mass is 79.9. The molecule has 0 aliphatic carbocycles. The van der Waals surface area contributed by atoms with Crippen LogP contribution < -0.4 is 10.0 Å². The van der Waals surface area contributed by atoms with Crippen molar-refractivity contribution in [3.05, 3.63) is 16.5 Å². The second kappa shape index (κ2) is 7.01. The number of aryl methyl sites for hydroxylation is 1. The zero-order valence-corrected chi connectivity index (χ0v) is 12.8. The topological polar surface area (TPSA) is 84.0 Å². The molecule has 2 N–H and O–H groups in total. The zero-order chi connectivity index (χ0) is 13.6. The summed E-state index contributed by atoms with van der Waals surface area (Å²) in [6.45, 7) is 2.86. The normalized spacial score (nSPS) is 11.5. The Bertz CT molecular complexity index is 493. The van der Waals surface area contributed by atoms with Gasteiger partial charge in [-0.1, -0.05) is 6.92 Å². The highest BCUT2D eigenvalue weighted by Crippen LogP contribution is 2.12. The third-order valence-corrected chi connectivity index (χ3v) is 3.14. The molecule has 0 bridgehead atoms. The van der Waals surface area contributed by atoms with E-state index in [1.54, 1.807) is 6.07 Å². The van der Waals surface area contributed by atoms with E-state index < -0.39 is 10.0 Å². The molecule has 0 aliphatic rings. The van der Waals surface area contributed by atoms with Crippen LogP contribution in [0, 0.1) is 0 Å². The molecule has 0 spiro atoms. The summed E-state index contributed by atoms with van der Waals surface area (Å²) in [6, 6.07) is 1.76. The summed E-state index contributed by atoms with van der Waals surface area (Å²) < 4.78 is 24.9. The molecule has 0 fully saturated rings. The van der Waals surface area contributed by atoms with E-state index in [-0.39, 0.29) is 0 Å². The Balaban J connectivity index is 2.51. The number of sulfonamides is 1. The molecule has 1 aromatic heterocycles. The van der Waals surface area contributed by atoms with Crippen molar-refractivity contribution < 1.29 is 8.42 Å². The molecule has 0 saturated heterocycles. The van der Waals surface area contributed by atoms with Crippen molar-refractivity contribution in [2.45, 2.75) is 19.8 Å². The number of hydrogen-bond donors (Lipinski definition) is 2. The van der Waals surface area contributed by atoms with E-state index in [2.05, 4.69) is 42.9 Å². The average Bonchev–Trinajstić information content (AvgIpc) is 2.23. The predicted molar refractivity (Wildman–Crippen MR) is 75.1 cm³/mol. The fourth-order valence-electron chi connectivity index (χ4n) is 1.32. The van der Waals surface area contributed by atoms with Crippen molar-refractivity contribution in [2.24, 2.45) is 0 Å². The van der Waals surface area contributed by atoms with Crippen LogP contribution >= 0.6 is 15.9 Å². The molecule has 0 aromatic carbocycles. The van der Waals surface area contributed by atoms with Gasteiger partial charge < -0.3 is 5.32 Å². The third kappa shape index (κ3) is 6.27. The first-order valence-electron chi connectivity index (χ1n) is 5.62. The van der Waals surface area contributed by atoms with E-state index in [0.717, 1.165) is 29.5 Å². The van der Waals surface area contributed by atoms with Crippen molar-refractivity contribution in [2.75, 3.05) is 24.7 Å². The Morgan fingerprint density at radius 2 is 2.06 bits per heavy atom. The number of hydrogen-bond acceptors (Lipinski definition) is 5. The fourth-order valence-corrected chi connectivity index (χ4v) is 2.21. The fraction of sp³-hybridized carbons (Fsp3) is 0.600. The standard InChI is InChI=1S/C10H17BrN4O2S/c1-3-4-9-14-8(11)7-10(15-9)12-5-6-13-18(2,16)17/h7,13H,3-6H2,1-2H3,(H,12,14,15). The second-order valence-corrected chi connectivity index (χ2v) is 6.48. The van der Waals surface area contributed by atoms with Gasteiger partial charge in [-0.25, -0.2) is 23.1 Å². The molecule has 0 aliphatic heterocycles. The van der Waals surface area contributed by atoms with Gasteiger partial charge in [-0.05, 0) is 22.4 Å². The van der Waals surface area contributed by atoms with Crippen molar-refractivity contribution in [1.29, 1.82) is 0 Å². The first-order chi connectivity index (χ1) is 8.40. The van der Waals surface area contributed by atoms with E-state index >= 15 is 0 Å². The maximum absolute atomic E-state index is 10.9. The molecular weight excluding hydrogens is 320 g/mol. The van der Waals surface area contributed by atoms with E-state index in [1.807, 2.05) is 0 Å². The highest BCUT2D eigenvalue weighted by Gasteiger charge is 2.03. The zero-order valence-electron chi connectivity index (χ0n) is 10.4. The number of anilines is 1. The SMILES string of the molecule is CCCc1nc(Br)cc(NCCNS(C)(=O)=O)n1. The Kier molecular flexibility index (Phi) is 5.97. The van der Waals surface area contributed by atoms with Crippen LogP contribution in [-0.4, -0.2) is 37.7 Å². The lowest BCUT2D eigenvalue weighted by Gasteiger charge is -2.08. The first kappa shape index (κ1) is 15.3. The van der Waals surface area contributed by atoms with Crippen molar-refractivity contribution in [1.82, 2.24) is 14.7 Å². The van der Waals surface area contributed by atoms with Gasteiger partial charge in [0, 0.05) is 25.6 Å². The van der Waals surface area contributed by atoms with Crippen LogP contribution in [0.4, 0.5) is 5.82 Å². The van der Waals surface area contributed by atoms with Gasteiger partial charge in [0.15, 0.2) is 0 Å². The van der Waals surface area contributed by atoms with Crippen LogP contribution in [0.5, 0.6) is 0 Å². The van der Waals surface area contributed by atoms with Gasteiger partial charge in [0.1, 0.15) is 16.2 Å². The summed E-state index contributed by atoms with van der Waals surface area (Å²) in [5.74, 6) is 1.46. The minimum atomic E-state index is -3.14. The molecule has 0 unspecified atom stereocenters. The first-order valence-corrected chi connectivity index (χ1v) is 8.31. The van der Waals surface area contributed by atoms with Crippen LogP contribution in [0.1, 0.15) is 19.2 Å². The summed E-state index contributed by atoms with van der Waals surface area (Å²) in [5.41, 5.74) is 0. The van der Waals surface area contributed by atoms with Crippen LogP contribution in [0.3, 0.4) is 0 Å². The molecule has 1 aromatic rings. The number of rotatable bonds is 7. The van der Waals surface area contributed by atoms with E-state index in [0.29, 0.717) is 18.9 Å². The second-order valence-electron chi connectivity index (χ2n) is 3.84. The molecule has 8 heteroatoms. The van der Waals surface area contributed by atoms with Gasteiger partial charge in [-0.3, -0.25) is 0 Å². The predicted octanol–water partition coefficient (Wildman–Crippen LogP) is 1.15. The number of nitrogens with one attached hydrogen (secondary N) is 2. The van der Waals surface area contributed by atoms with Gasteiger partial charge in [0.05, 0.1) is 6.26 Å². The van der Waals surface area contributed by atoms with Crippen molar-refractivity contribution >= 4 is 31.8 Å². The Morgan fingerprint density at radius 1 is 1.33 bits per heavy atom. The summed E-state index contributed by atoms with van der Waals surface area (Å²) in [7, 11) is -3.14. The smallest absolute Gasteiger partial charge is 0.208 e. The Hall–Kier alpha value is -0.730. The molecule has 18 heavy (non-hydrogen) atoms. The molecule has 0 atom stereocenters. The third-order valence-electron chi connectivity index (χ3n) is 2.01. The average molecular weight is 337 g/mol.